The molecule has 1 aromatic heterocycles. The first kappa shape index (κ1) is 14.5. The summed E-state index contributed by atoms with van der Waals surface area (Å²) in [6.07, 6.45) is 0.951. The molecule has 0 aliphatic rings. The molecule has 1 amide bonds. The van der Waals surface area contributed by atoms with Crippen molar-refractivity contribution in [1.29, 1.82) is 0 Å². The monoisotopic (exact) mass is 315 g/mol. The molecule has 106 valence electrons. The summed E-state index contributed by atoms with van der Waals surface area (Å²) in [4.78, 5) is 11.8. The van der Waals surface area contributed by atoms with Crippen LogP contribution < -0.4 is 5.32 Å². The fourth-order valence-electron chi connectivity index (χ4n) is 1.36. The van der Waals surface area contributed by atoms with Crippen molar-refractivity contribution < 1.29 is 17.6 Å². The van der Waals surface area contributed by atoms with E-state index in [0.717, 1.165) is 6.26 Å². The average Bonchev–Trinajstić information content (AvgIpc) is 2.85. The number of halogens is 1. The Hall–Kier alpha value is -1.93. The number of carbonyl (C=O) groups excluding carboxylic acids is 1. The van der Waals surface area contributed by atoms with Gasteiger partial charge in [-0.15, -0.1) is 5.10 Å². The molecule has 0 aliphatic heterocycles. The Balaban J connectivity index is 2.04. The van der Waals surface area contributed by atoms with E-state index in [-0.39, 0.29) is 12.4 Å². The van der Waals surface area contributed by atoms with E-state index in [1.807, 2.05) is 0 Å². The molecule has 0 saturated heterocycles. The van der Waals surface area contributed by atoms with Crippen LogP contribution in [0.5, 0.6) is 0 Å². The first-order chi connectivity index (χ1) is 9.38. The highest BCUT2D eigenvalue weighted by Crippen LogP contribution is 2.14. The molecule has 7 nitrogen and oxygen atoms in total. The number of rotatable bonds is 4. The highest BCUT2D eigenvalue weighted by molar-refractivity contribution is 7.90. The molecule has 0 bridgehead atoms. The molecule has 1 heterocycles. The maximum atomic E-state index is 11.8. The van der Waals surface area contributed by atoms with Crippen LogP contribution in [0.3, 0.4) is 0 Å². The molecular formula is C11H10ClN3O4S. The summed E-state index contributed by atoms with van der Waals surface area (Å²) in [5.74, 6) is -0.430. The highest BCUT2D eigenvalue weighted by Gasteiger charge is 2.17. The second-order valence-electron chi connectivity index (χ2n) is 3.90. The van der Waals surface area contributed by atoms with Crippen molar-refractivity contribution in [1.82, 2.24) is 15.5 Å². The quantitative estimate of drug-likeness (QED) is 0.905. The number of benzene rings is 1. The minimum absolute atomic E-state index is 0.00849. The maximum Gasteiger partial charge on any atom is 0.335 e. The number of nitrogens with zero attached hydrogens (tertiary/aromatic N) is 2. The largest absolute Gasteiger partial charge is 0.411 e. The van der Waals surface area contributed by atoms with Crippen LogP contribution in [-0.2, 0) is 16.4 Å². The van der Waals surface area contributed by atoms with Gasteiger partial charge in [-0.3, -0.25) is 4.79 Å². The van der Waals surface area contributed by atoms with Gasteiger partial charge in [0.15, 0.2) is 0 Å². The number of hydrogen-bond acceptors (Lipinski definition) is 6. The SMILES string of the molecule is CS(=O)(=O)c1nnc(CNC(=O)c2ccccc2Cl)o1. The molecule has 1 aromatic carbocycles. The summed E-state index contributed by atoms with van der Waals surface area (Å²) in [5.41, 5.74) is 0.303. The third-order valence-corrected chi connectivity index (χ3v) is 3.41. The fraction of sp³-hybridized carbons (Fsp3) is 0.182. The first-order valence-electron chi connectivity index (χ1n) is 5.43. The Morgan fingerprint density at radius 1 is 1.35 bits per heavy atom. The van der Waals surface area contributed by atoms with Gasteiger partial charge >= 0.3 is 5.22 Å². The van der Waals surface area contributed by atoms with Crippen LogP contribution >= 0.6 is 11.6 Å². The smallest absolute Gasteiger partial charge is 0.335 e. The lowest BCUT2D eigenvalue weighted by Gasteiger charge is -2.03. The van der Waals surface area contributed by atoms with Gasteiger partial charge in [-0.2, -0.15) is 0 Å². The van der Waals surface area contributed by atoms with Crippen molar-refractivity contribution in [3.63, 3.8) is 0 Å². The summed E-state index contributed by atoms with van der Waals surface area (Å²) >= 11 is 5.87. The zero-order valence-electron chi connectivity index (χ0n) is 10.3. The van der Waals surface area contributed by atoms with E-state index >= 15 is 0 Å². The minimum Gasteiger partial charge on any atom is -0.411 e. The Labute approximate surface area is 119 Å². The Bertz CT molecular complexity index is 742. The van der Waals surface area contributed by atoms with E-state index in [9.17, 15) is 13.2 Å². The summed E-state index contributed by atoms with van der Waals surface area (Å²) in [6.45, 7) is -0.0907. The third kappa shape index (κ3) is 3.34. The summed E-state index contributed by atoms with van der Waals surface area (Å²) < 4.78 is 27.2. The summed E-state index contributed by atoms with van der Waals surface area (Å²) in [7, 11) is -3.55. The molecule has 0 fully saturated rings. The van der Waals surface area contributed by atoms with Crippen molar-refractivity contribution >= 4 is 27.3 Å². The molecule has 9 heteroatoms. The third-order valence-electron chi connectivity index (χ3n) is 2.28. The number of hydrogen-bond donors (Lipinski definition) is 1. The van der Waals surface area contributed by atoms with Gasteiger partial charge in [0.1, 0.15) is 0 Å². The fourth-order valence-corrected chi connectivity index (χ4v) is 2.01. The zero-order chi connectivity index (χ0) is 14.8. The molecule has 0 radical (unpaired) electrons. The van der Waals surface area contributed by atoms with E-state index in [1.165, 1.54) is 0 Å². The van der Waals surface area contributed by atoms with E-state index in [0.29, 0.717) is 10.6 Å². The van der Waals surface area contributed by atoms with Crippen molar-refractivity contribution in [2.24, 2.45) is 0 Å². The van der Waals surface area contributed by atoms with E-state index in [1.54, 1.807) is 24.3 Å². The van der Waals surface area contributed by atoms with Crippen LogP contribution in [0.25, 0.3) is 0 Å². The van der Waals surface area contributed by atoms with Gasteiger partial charge in [0.2, 0.25) is 15.7 Å². The average molecular weight is 316 g/mol. The molecular weight excluding hydrogens is 306 g/mol. The molecule has 20 heavy (non-hydrogen) atoms. The Morgan fingerprint density at radius 2 is 2.05 bits per heavy atom. The second-order valence-corrected chi connectivity index (χ2v) is 6.20. The zero-order valence-corrected chi connectivity index (χ0v) is 11.9. The van der Waals surface area contributed by atoms with Crippen molar-refractivity contribution in [3.05, 3.63) is 40.7 Å². The van der Waals surface area contributed by atoms with Gasteiger partial charge in [0.05, 0.1) is 17.1 Å². The van der Waals surface area contributed by atoms with E-state index in [4.69, 9.17) is 16.0 Å². The van der Waals surface area contributed by atoms with Gasteiger partial charge in [0, 0.05) is 6.26 Å². The number of sulfone groups is 1. The molecule has 0 unspecified atom stereocenters. The molecule has 2 aromatic rings. The Morgan fingerprint density at radius 3 is 2.65 bits per heavy atom. The van der Waals surface area contributed by atoms with Crippen LogP contribution in [0.1, 0.15) is 16.2 Å². The number of nitrogens with one attached hydrogen (secondary N) is 1. The van der Waals surface area contributed by atoms with E-state index < -0.39 is 21.0 Å². The van der Waals surface area contributed by atoms with Gasteiger partial charge < -0.3 is 9.73 Å². The molecule has 2 rings (SSSR count). The Kier molecular flexibility index (Phi) is 4.05. The normalized spacial score (nSPS) is 11.3. The molecule has 0 aliphatic carbocycles. The van der Waals surface area contributed by atoms with Crippen molar-refractivity contribution in [2.75, 3.05) is 6.26 Å². The van der Waals surface area contributed by atoms with Gasteiger partial charge in [-0.25, -0.2) is 8.42 Å². The highest BCUT2D eigenvalue weighted by atomic mass is 35.5. The number of carbonyl (C=O) groups is 1. The minimum atomic E-state index is -3.55. The first-order valence-corrected chi connectivity index (χ1v) is 7.70. The lowest BCUT2D eigenvalue weighted by Crippen LogP contribution is -2.23. The van der Waals surface area contributed by atoms with E-state index in [2.05, 4.69) is 15.5 Å². The van der Waals surface area contributed by atoms with Crippen LogP contribution in [0.4, 0.5) is 0 Å². The second kappa shape index (κ2) is 5.59. The molecule has 0 spiro atoms. The number of aromatic nitrogens is 2. The molecule has 1 N–H and O–H groups in total. The van der Waals surface area contributed by atoms with Gasteiger partial charge in [-0.05, 0) is 12.1 Å². The lowest BCUT2D eigenvalue weighted by molar-refractivity contribution is 0.0947. The molecule has 0 atom stereocenters. The predicted molar refractivity (Wildman–Crippen MR) is 70.0 cm³/mol. The molecule has 0 saturated carbocycles. The maximum absolute atomic E-state index is 11.8. The predicted octanol–water partition coefficient (Wildman–Crippen LogP) is 1.06. The standard InChI is InChI=1S/C11H10ClN3O4S/c1-20(17,18)11-15-14-9(19-11)6-13-10(16)7-4-2-3-5-8(7)12/h2-5H,6H2,1H3,(H,13,16). The number of amides is 1. The summed E-state index contributed by atoms with van der Waals surface area (Å²) in [5, 5.41) is 9.23. The summed E-state index contributed by atoms with van der Waals surface area (Å²) in [6, 6.07) is 6.53. The van der Waals surface area contributed by atoms with Crippen LogP contribution in [0.2, 0.25) is 5.02 Å². The van der Waals surface area contributed by atoms with Crippen LogP contribution in [-0.4, -0.2) is 30.8 Å². The van der Waals surface area contributed by atoms with Crippen LogP contribution in [0.15, 0.2) is 33.9 Å². The van der Waals surface area contributed by atoms with Crippen molar-refractivity contribution in [3.8, 4) is 0 Å². The van der Waals surface area contributed by atoms with Crippen molar-refractivity contribution in [2.45, 2.75) is 11.8 Å². The van der Waals surface area contributed by atoms with Crippen LogP contribution in [0, 0.1) is 0 Å². The van der Waals surface area contributed by atoms with Gasteiger partial charge in [-0.1, -0.05) is 28.8 Å². The lowest BCUT2D eigenvalue weighted by atomic mass is 10.2. The topological polar surface area (TPSA) is 102 Å². The van der Waals surface area contributed by atoms with Gasteiger partial charge in [0.25, 0.3) is 5.91 Å².